The van der Waals surface area contributed by atoms with Gasteiger partial charge in [0.25, 0.3) is 5.91 Å². The number of nitrogens with one attached hydrogen (secondary N) is 2. The number of hydrogen-bond donors (Lipinski definition) is 2. The maximum absolute atomic E-state index is 12.5. The molecule has 1 fully saturated rings. The monoisotopic (exact) mass is 424 g/mol. The minimum absolute atomic E-state index is 0.0699. The van der Waals surface area contributed by atoms with E-state index in [4.69, 9.17) is 4.74 Å². The third kappa shape index (κ3) is 5.57. The summed E-state index contributed by atoms with van der Waals surface area (Å²) in [5, 5.41) is 3.68. The second-order valence-corrected chi connectivity index (χ2v) is 9.27. The Morgan fingerprint density at radius 3 is 3.00 bits per heavy atom. The summed E-state index contributed by atoms with van der Waals surface area (Å²) in [6.45, 7) is 1.36. The normalized spacial score (nSPS) is 17.0. The lowest BCUT2D eigenvalue weighted by Gasteiger charge is -2.12. The Labute approximate surface area is 169 Å². The van der Waals surface area contributed by atoms with Crippen LogP contribution in [-0.4, -0.2) is 55.4 Å². The fraction of sp³-hybridized carbons (Fsp3) is 0.444. The number of aryl methyl sites for hydroxylation is 1. The molecule has 10 heteroatoms. The Kier molecular flexibility index (Phi) is 7.11. The van der Waals surface area contributed by atoms with E-state index in [0.717, 1.165) is 18.0 Å². The highest BCUT2D eigenvalue weighted by Crippen LogP contribution is 2.15. The SMILES string of the molecule is Cn1ccnc1SCCNC(=O)c1cccc(S(=O)(=O)NC[C@@H]2CCCO2)c1. The van der Waals surface area contributed by atoms with Gasteiger partial charge in [-0.15, -0.1) is 0 Å². The molecule has 2 N–H and O–H groups in total. The van der Waals surface area contributed by atoms with E-state index in [1.165, 1.54) is 23.9 Å². The van der Waals surface area contributed by atoms with Crippen LogP contribution in [0, 0.1) is 0 Å². The molecule has 1 amide bonds. The Morgan fingerprint density at radius 1 is 1.43 bits per heavy atom. The van der Waals surface area contributed by atoms with Crippen molar-refractivity contribution < 1.29 is 17.9 Å². The molecule has 1 aromatic carbocycles. The smallest absolute Gasteiger partial charge is 0.251 e. The minimum atomic E-state index is -3.69. The topological polar surface area (TPSA) is 102 Å². The maximum Gasteiger partial charge on any atom is 0.251 e. The number of ether oxygens (including phenoxy) is 1. The third-order valence-corrected chi connectivity index (χ3v) is 6.81. The Balaban J connectivity index is 1.52. The fourth-order valence-corrected chi connectivity index (χ4v) is 4.69. The molecule has 1 aliphatic heterocycles. The summed E-state index contributed by atoms with van der Waals surface area (Å²) < 4.78 is 34.9. The summed E-state index contributed by atoms with van der Waals surface area (Å²) in [5.41, 5.74) is 0.307. The molecule has 2 heterocycles. The van der Waals surface area contributed by atoms with E-state index >= 15 is 0 Å². The predicted molar refractivity (Wildman–Crippen MR) is 107 cm³/mol. The summed E-state index contributed by atoms with van der Waals surface area (Å²) in [6, 6.07) is 6.03. The number of nitrogens with zero attached hydrogens (tertiary/aromatic N) is 2. The summed E-state index contributed by atoms with van der Waals surface area (Å²) in [7, 11) is -1.78. The van der Waals surface area contributed by atoms with Crippen molar-refractivity contribution in [1.29, 1.82) is 0 Å². The van der Waals surface area contributed by atoms with Gasteiger partial charge in [0.2, 0.25) is 10.0 Å². The van der Waals surface area contributed by atoms with Gasteiger partial charge in [-0.3, -0.25) is 4.79 Å². The molecule has 28 heavy (non-hydrogen) atoms. The van der Waals surface area contributed by atoms with Crippen molar-refractivity contribution in [2.45, 2.75) is 29.0 Å². The van der Waals surface area contributed by atoms with Crippen molar-refractivity contribution in [2.75, 3.05) is 25.4 Å². The fourth-order valence-electron chi connectivity index (χ4n) is 2.80. The molecule has 1 saturated heterocycles. The van der Waals surface area contributed by atoms with Gasteiger partial charge in [0.15, 0.2) is 5.16 Å². The van der Waals surface area contributed by atoms with Gasteiger partial charge in [-0.05, 0) is 31.0 Å². The Bertz CT molecular complexity index is 908. The highest BCUT2D eigenvalue weighted by molar-refractivity contribution is 7.99. The van der Waals surface area contributed by atoms with Crippen molar-refractivity contribution in [3.8, 4) is 0 Å². The van der Waals surface area contributed by atoms with E-state index < -0.39 is 10.0 Å². The number of benzene rings is 1. The molecule has 0 saturated carbocycles. The van der Waals surface area contributed by atoms with Crippen molar-refractivity contribution in [3.05, 3.63) is 42.2 Å². The number of imidazole rings is 1. The number of carbonyl (C=O) groups is 1. The number of aromatic nitrogens is 2. The molecule has 1 atom stereocenters. The average Bonchev–Trinajstić information content (AvgIpc) is 3.35. The first kappa shape index (κ1) is 20.8. The molecule has 0 unspecified atom stereocenters. The number of rotatable bonds is 9. The predicted octanol–water partition coefficient (Wildman–Crippen LogP) is 1.40. The molecular formula is C18H24N4O4S2. The van der Waals surface area contributed by atoms with Gasteiger partial charge in [-0.1, -0.05) is 17.8 Å². The van der Waals surface area contributed by atoms with Crippen LogP contribution in [0.5, 0.6) is 0 Å². The molecule has 0 radical (unpaired) electrons. The number of carbonyl (C=O) groups excluding carboxylic acids is 1. The molecular weight excluding hydrogens is 400 g/mol. The Hall–Kier alpha value is -1.88. The highest BCUT2D eigenvalue weighted by Gasteiger charge is 2.21. The van der Waals surface area contributed by atoms with Crippen LogP contribution in [0.1, 0.15) is 23.2 Å². The molecule has 152 valence electrons. The number of thioether (sulfide) groups is 1. The quantitative estimate of drug-likeness (QED) is 0.466. The molecule has 1 aliphatic rings. The first-order valence-electron chi connectivity index (χ1n) is 9.05. The van der Waals surface area contributed by atoms with Crippen LogP contribution in [-0.2, 0) is 21.8 Å². The van der Waals surface area contributed by atoms with Crippen LogP contribution in [0.2, 0.25) is 0 Å². The average molecular weight is 425 g/mol. The zero-order valence-electron chi connectivity index (χ0n) is 15.6. The number of sulfonamides is 1. The first-order chi connectivity index (χ1) is 13.5. The van der Waals surface area contributed by atoms with E-state index in [2.05, 4.69) is 15.0 Å². The minimum Gasteiger partial charge on any atom is -0.377 e. The van der Waals surface area contributed by atoms with Gasteiger partial charge in [-0.2, -0.15) is 0 Å². The van der Waals surface area contributed by atoms with Crippen LogP contribution in [0.3, 0.4) is 0 Å². The van der Waals surface area contributed by atoms with Gasteiger partial charge in [0.1, 0.15) is 0 Å². The van der Waals surface area contributed by atoms with Gasteiger partial charge >= 0.3 is 0 Å². The number of amides is 1. The lowest BCUT2D eigenvalue weighted by atomic mass is 10.2. The largest absolute Gasteiger partial charge is 0.377 e. The van der Waals surface area contributed by atoms with E-state index in [9.17, 15) is 13.2 Å². The van der Waals surface area contributed by atoms with E-state index in [-0.39, 0.29) is 23.5 Å². The number of hydrogen-bond acceptors (Lipinski definition) is 6. The zero-order valence-corrected chi connectivity index (χ0v) is 17.3. The van der Waals surface area contributed by atoms with Gasteiger partial charge in [0.05, 0.1) is 11.0 Å². The van der Waals surface area contributed by atoms with Crippen LogP contribution in [0.15, 0.2) is 46.7 Å². The first-order valence-corrected chi connectivity index (χ1v) is 11.5. The summed E-state index contributed by atoms with van der Waals surface area (Å²) in [6.07, 6.45) is 5.29. The van der Waals surface area contributed by atoms with E-state index in [1.54, 1.807) is 18.3 Å². The molecule has 3 rings (SSSR count). The van der Waals surface area contributed by atoms with Gasteiger partial charge in [-0.25, -0.2) is 18.1 Å². The molecule has 1 aromatic heterocycles. The van der Waals surface area contributed by atoms with Crippen LogP contribution >= 0.6 is 11.8 Å². The summed E-state index contributed by atoms with van der Waals surface area (Å²) >= 11 is 1.54. The van der Waals surface area contributed by atoms with E-state index in [1.807, 2.05) is 17.8 Å². The molecule has 2 aromatic rings. The highest BCUT2D eigenvalue weighted by atomic mass is 32.2. The van der Waals surface area contributed by atoms with Gasteiger partial charge in [0, 0.05) is 50.5 Å². The van der Waals surface area contributed by atoms with Crippen LogP contribution in [0.4, 0.5) is 0 Å². The lowest BCUT2D eigenvalue weighted by molar-refractivity contribution is 0.0956. The zero-order chi connectivity index (χ0) is 20.0. The molecule has 0 aliphatic carbocycles. The second kappa shape index (κ2) is 9.55. The van der Waals surface area contributed by atoms with Gasteiger partial charge < -0.3 is 14.6 Å². The second-order valence-electron chi connectivity index (χ2n) is 6.44. The van der Waals surface area contributed by atoms with Crippen molar-refractivity contribution in [3.63, 3.8) is 0 Å². The standard InChI is InChI=1S/C18H24N4O4S2/c1-22-9-7-20-18(22)27-11-8-19-17(23)14-4-2-6-16(12-14)28(24,25)21-13-15-5-3-10-26-15/h2,4,6-7,9,12,15,21H,3,5,8,10-11,13H2,1H3,(H,19,23)/t15-/m0/s1. The summed E-state index contributed by atoms with van der Waals surface area (Å²) in [5.74, 6) is 0.356. The molecule has 8 nitrogen and oxygen atoms in total. The lowest BCUT2D eigenvalue weighted by Crippen LogP contribution is -2.32. The van der Waals surface area contributed by atoms with Crippen molar-refractivity contribution in [1.82, 2.24) is 19.6 Å². The van der Waals surface area contributed by atoms with Crippen LogP contribution in [0.25, 0.3) is 0 Å². The third-order valence-electron chi connectivity index (χ3n) is 4.33. The van der Waals surface area contributed by atoms with Crippen molar-refractivity contribution in [2.24, 2.45) is 7.05 Å². The van der Waals surface area contributed by atoms with Crippen molar-refractivity contribution >= 4 is 27.7 Å². The molecule has 0 bridgehead atoms. The van der Waals surface area contributed by atoms with Crippen LogP contribution < -0.4 is 10.0 Å². The molecule has 0 spiro atoms. The van der Waals surface area contributed by atoms with E-state index in [0.29, 0.717) is 24.5 Å². The Morgan fingerprint density at radius 2 is 2.29 bits per heavy atom. The summed E-state index contributed by atoms with van der Waals surface area (Å²) in [4.78, 5) is 16.6. The maximum atomic E-state index is 12.5.